The molecule has 2 heterocycles. The number of hydrogen-bond donors (Lipinski definition) is 2. The Kier molecular flexibility index (Phi) is 7.56. The maximum atomic E-state index is 13.5. The van der Waals surface area contributed by atoms with E-state index in [9.17, 15) is 22.8 Å². The molecule has 0 aliphatic heterocycles. The van der Waals surface area contributed by atoms with Crippen molar-refractivity contribution in [2.75, 3.05) is 11.9 Å². The average molecular weight is 595 g/mol. The van der Waals surface area contributed by atoms with Gasteiger partial charge in [-0.15, -0.1) is 0 Å². The SMILES string of the molecule is CCCNC(=O)c1cc2cc(C)ccc2c(Br)c1NC(=O)c1cc(C(F)(F)F)nn1-c1ncccc1Cl. The summed E-state index contributed by atoms with van der Waals surface area (Å²) in [5.74, 6) is -1.54. The van der Waals surface area contributed by atoms with Crippen molar-refractivity contribution in [2.45, 2.75) is 26.4 Å². The van der Waals surface area contributed by atoms with Crippen LogP contribution in [0.3, 0.4) is 0 Å². The fraction of sp³-hybridized carbons (Fsp3) is 0.200. The third-order valence-corrected chi connectivity index (χ3v) is 6.54. The van der Waals surface area contributed by atoms with Crippen molar-refractivity contribution in [1.29, 1.82) is 0 Å². The van der Waals surface area contributed by atoms with Crippen LogP contribution >= 0.6 is 27.5 Å². The molecule has 0 unspecified atom stereocenters. The molecule has 0 saturated heterocycles. The Morgan fingerprint density at radius 2 is 1.89 bits per heavy atom. The first-order valence-corrected chi connectivity index (χ1v) is 12.3. The van der Waals surface area contributed by atoms with Gasteiger partial charge in [-0.3, -0.25) is 9.59 Å². The van der Waals surface area contributed by atoms with E-state index in [4.69, 9.17) is 11.6 Å². The van der Waals surface area contributed by atoms with Crippen LogP contribution in [0.4, 0.5) is 18.9 Å². The van der Waals surface area contributed by atoms with Gasteiger partial charge in [0.15, 0.2) is 11.5 Å². The lowest BCUT2D eigenvalue weighted by Gasteiger charge is -2.16. The number of aromatic nitrogens is 3. The van der Waals surface area contributed by atoms with Gasteiger partial charge in [0.2, 0.25) is 0 Å². The topological polar surface area (TPSA) is 88.9 Å². The van der Waals surface area contributed by atoms with Crippen LogP contribution < -0.4 is 10.6 Å². The Morgan fingerprint density at radius 3 is 2.57 bits per heavy atom. The fourth-order valence-corrected chi connectivity index (χ4v) is 4.55. The van der Waals surface area contributed by atoms with Crippen LogP contribution in [0.1, 0.15) is 45.4 Å². The molecule has 0 spiro atoms. The number of nitrogens with zero attached hydrogens (tertiary/aromatic N) is 3. The minimum atomic E-state index is -4.83. The standard InChI is InChI=1S/C25H20BrClF3N5O2/c1-3-8-32-23(36)16-11-14-10-13(2)6-7-15(14)20(26)21(16)33-24(37)18-12-19(25(28,29)30)34-35(18)22-17(27)5-4-9-31-22/h4-7,9-12H,3,8H2,1-2H3,(H,32,36)(H,33,37). The number of rotatable bonds is 6. The van der Waals surface area contributed by atoms with E-state index in [0.29, 0.717) is 28.9 Å². The van der Waals surface area contributed by atoms with Crippen molar-refractivity contribution < 1.29 is 22.8 Å². The molecule has 0 aliphatic rings. The van der Waals surface area contributed by atoms with E-state index in [1.807, 2.05) is 32.0 Å². The molecule has 192 valence electrons. The van der Waals surface area contributed by atoms with E-state index in [2.05, 4.69) is 36.6 Å². The molecule has 2 aromatic carbocycles. The van der Waals surface area contributed by atoms with Crippen molar-refractivity contribution >= 4 is 55.8 Å². The van der Waals surface area contributed by atoms with Crippen LogP contribution in [0, 0.1) is 6.92 Å². The van der Waals surface area contributed by atoms with Crippen molar-refractivity contribution in [3.05, 3.63) is 80.7 Å². The van der Waals surface area contributed by atoms with Crippen molar-refractivity contribution in [2.24, 2.45) is 0 Å². The number of anilines is 1. The van der Waals surface area contributed by atoms with Crippen molar-refractivity contribution in [3.63, 3.8) is 0 Å². The van der Waals surface area contributed by atoms with Crippen LogP contribution in [0.15, 0.2) is 53.1 Å². The highest BCUT2D eigenvalue weighted by atomic mass is 79.9. The van der Waals surface area contributed by atoms with Crippen LogP contribution in [0.5, 0.6) is 0 Å². The summed E-state index contributed by atoms with van der Waals surface area (Å²) in [6.45, 7) is 4.20. The Hall–Kier alpha value is -3.44. The van der Waals surface area contributed by atoms with Crippen LogP contribution in [-0.2, 0) is 6.18 Å². The molecule has 0 radical (unpaired) electrons. The van der Waals surface area contributed by atoms with E-state index in [1.54, 1.807) is 6.07 Å². The second-order valence-corrected chi connectivity index (χ2v) is 9.38. The Balaban J connectivity index is 1.86. The summed E-state index contributed by atoms with van der Waals surface area (Å²) in [7, 11) is 0. The van der Waals surface area contributed by atoms with Gasteiger partial charge in [0.1, 0.15) is 5.69 Å². The number of pyridine rings is 1. The first-order chi connectivity index (χ1) is 17.5. The molecule has 0 aliphatic carbocycles. The van der Waals surface area contributed by atoms with Gasteiger partial charge in [0.05, 0.1) is 16.3 Å². The number of aryl methyl sites for hydroxylation is 1. The molecule has 2 N–H and O–H groups in total. The maximum absolute atomic E-state index is 13.5. The first-order valence-electron chi connectivity index (χ1n) is 11.1. The van der Waals surface area contributed by atoms with Gasteiger partial charge in [-0.1, -0.05) is 42.3 Å². The van der Waals surface area contributed by atoms with Gasteiger partial charge in [0, 0.05) is 23.3 Å². The fourth-order valence-electron chi connectivity index (χ4n) is 3.67. The largest absolute Gasteiger partial charge is 0.435 e. The highest BCUT2D eigenvalue weighted by Crippen LogP contribution is 2.36. The Morgan fingerprint density at radius 1 is 1.14 bits per heavy atom. The molecule has 4 aromatic rings. The summed E-state index contributed by atoms with van der Waals surface area (Å²) in [4.78, 5) is 30.4. The number of amides is 2. The van der Waals surface area contributed by atoms with Crippen molar-refractivity contribution in [3.8, 4) is 5.82 Å². The third kappa shape index (κ3) is 5.47. The lowest BCUT2D eigenvalue weighted by atomic mass is 10.0. The number of alkyl halides is 3. The smallest absolute Gasteiger partial charge is 0.352 e. The second kappa shape index (κ2) is 10.5. The minimum absolute atomic E-state index is 0.00439. The second-order valence-electron chi connectivity index (χ2n) is 8.18. The summed E-state index contributed by atoms with van der Waals surface area (Å²) in [5, 5.41) is 10.4. The molecule has 2 aromatic heterocycles. The average Bonchev–Trinajstić information content (AvgIpc) is 3.30. The molecule has 0 saturated carbocycles. The molecule has 0 bridgehead atoms. The van der Waals surface area contributed by atoms with Crippen LogP contribution in [0.2, 0.25) is 5.02 Å². The summed E-state index contributed by atoms with van der Waals surface area (Å²) in [5.41, 5.74) is -0.558. The third-order valence-electron chi connectivity index (χ3n) is 5.42. The van der Waals surface area contributed by atoms with E-state index in [0.717, 1.165) is 15.6 Å². The number of hydrogen-bond acceptors (Lipinski definition) is 4. The van der Waals surface area contributed by atoms with Gasteiger partial charge >= 0.3 is 6.18 Å². The number of benzene rings is 2. The molecule has 37 heavy (non-hydrogen) atoms. The number of carbonyl (C=O) groups excluding carboxylic acids is 2. The van der Waals surface area contributed by atoms with Crippen molar-refractivity contribution in [1.82, 2.24) is 20.1 Å². The number of nitrogens with one attached hydrogen (secondary N) is 2. The maximum Gasteiger partial charge on any atom is 0.435 e. The molecule has 2 amide bonds. The Labute approximate surface area is 223 Å². The predicted octanol–water partition coefficient (Wildman–Crippen LogP) is 6.56. The van der Waals surface area contributed by atoms with Gasteiger partial charge in [-0.05, 0) is 58.2 Å². The van der Waals surface area contributed by atoms with E-state index < -0.39 is 29.4 Å². The summed E-state index contributed by atoms with van der Waals surface area (Å²) >= 11 is 9.62. The van der Waals surface area contributed by atoms with E-state index >= 15 is 0 Å². The quantitative estimate of drug-likeness (QED) is 0.265. The lowest BCUT2D eigenvalue weighted by Crippen LogP contribution is -2.26. The minimum Gasteiger partial charge on any atom is -0.352 e. The van der Waals surface area contributed by atoms with Gasteiger partial charge in [0.25, 0.3) is 11.8 Å². The van der Waals surface area contributed by atoms with Crippen LogP contribution in [-0.4, -0.2) is 33.1 Å². The molecule has 0 fully saturated rings. The monoisotopic (exact) mass is 593 g/mol. The van der Waals surface area contributed by atoms with Gasteiger partial charge < -0.3 is 10.6 Å². The predicted molar refractivity (Wildman–Crippen MR) is 138 cm³/mol. The van der Waals surface area contributed by atoms with E-state index in [1.165, 1.54) is 18.3 Å². The number of fused-ring (bicyclic) bond motifs is 1. The zero-order chi connectivity index (χ0) is 26.9. The van der Waals surface area contributed by atoms with Gasteiger partial charge in [-0.25, -0.2) is 9.67 Å². The van der Waals surface area contributed by atoms with Gasteiger partial charge in [-0.2, -0.15) is 18.3 Å². The lowest BCUT2D eigenvalue weighted by molar-refractivity contribution is -0.141. The highest BCUT2D eigenvalue weighted by molar-refractivity contribution is 9.10. The summed E-state index contributed by atoms with van der Waals surface area (Å²) < 4.78 is 41.7. The van der Waals surface area contributed by atoms with E-state index in [-0.39, 0.29) is 22.1 Å². The normalized spacial score (nSPS) is 11.5. The number of carbonyl (C=O) groups is 2. The number of halogens is 5. The zero-order valence-corrected chi connectivity index (χ0v) is 21.9. The highest BCUT2D eigenvalue weighted by Gasteiger charge is 2.37. The molecule has 4 rings (SSSR count). The molecule has 7 nitrogen and oxygen atoms in total. The Bertz CT molecular complexity index is 1520. The molecular formula is C25H20BrClF3N5O2. The molecule has 12 heteroatoms. The zero-order valence-electron chi connectivity index (χ0n) is 19.6. The first kappa shape index (κ1) is 26.6. The van der Waals surface area contributed by atoms with Crippen LogP contribution in [0.25, 0.3) is 16.6 Å². The molecular weight excluding hydrogens is 575 g/mol. The summed E-state index contributed by atoms with van der Waals surface area (Å²) in [6, 6.07) is 10.7. The summed E-state index contributed by atoms with van der Waals surface area (Å²) in [6.07, 6.45) is -2.82. The molecule has 0 atom stereocenters.